The highest BCUT2D eigenvalue weighted by molar-refractivity contribution is 6.07. The van der Waals surface area contributed by atoms with Gasteiger partial charge in [-0.1, -0.05) is 56.3 Å². The van der Waals surface area contributed by atoms with Crippen molar-refractivity contribution in [2.24, 2.45) is 5.92 Å². The summed E-state index contributed by atoms with van der Waals surface area (Å²) in [5.74, 6) is -0.551. The minimum absolute atomic E-state index is 0.213. The van der Waals surface area contributed by atoms with E-state index >= 15 is 0 Å². The number of nitrogens with one attached hydrogen (secondary N) is 3. The van der Waals surface area contributed by atoms with Gasteiger partial charge in [-0.15, -0.1) is 0 Å². The summed E-state index contributed by atoms with van der Waals surface area (Å²) in [6.45, 7) is 4.55. The first-order valence-corrected chi connectivity index (χ1v) is 11.7. The molecular formula is C28H30N4O3. The van der Waals surface area contributed by atoms with E-state index in [1.807, 2.05) is 74.6 Å². The summed E-state index contributed by atoms with van der Waals surface area (Å²) < 4.78 is 4.94. The summed E-state index contributed by atoms with van der Waals surface area (Å²) in [6, 6.07) is 19.0. The Morgan fingerprint density at radius 2 is 1.83 bits per heavy atom. The minimum Gasteiger partial charge on any atom is -0.467 e. The van der Waals surface area contributed by atoms with Crippen LogP contribution in [0.3, 0.4) is 0 Å². The minimum atomic E-state index is -0.717. The molecule has 0 saturated heterocycles. The second-order valence-corrected chi connectivity index (χ2v) is 8.88. The number of ether oxygens (including phenoxy) is 1. The van der Waals surface area contributed by atoms with Crippen molar-refractivity contribution in [2.75, 3.05) is 12.4 Å². The zero-order chi connectivity index (χ0) is 24.8. The highest BCUT2D eigenvalue weighted by Crippen LogP contribution is 2.33. The molecule has 7 heteroatoms. The van der Waals surface area contributed by atoms with E-state index in [2.05, 4.69) is 20.6 Å². The molecule has 3 aromatic carbocycles. The number of imidazole rings is 1. The van der Waals surface area contributed by atoms with Gasteiger partial charge in [0.05, 0.1) is 25.7 Å². The molecule has 0 saturated carbocycles. The number of amides is 1. The molecule has 180 valence electrons. The molecule has 0 aliphatic carbocycles. The number of hydrogen-bond acceptors (Lipinski definition) is 5. The maximum Gasteiger partial charge on any atom is 0.328 e. The molecule has 0 bridgehead atoms. The highest BCUT2D eigenvalue weighted by Gasteiger charge is 2.25. The number of fused-ring (bicyclic) bond motifs is 1. The number of H-pyrrole nitrogens is 1. The Bertz CT molecular complexity index is 1310. The summed E-state index contributed by atoms with van der Waals surface area (Å²) >= 11 is 0. The SMILES string of the molecule is COC(=O)[C@H](CC(C)C)NC(=O)c1ccc(NCc2c[nH]cn2)cc1-c1cccc2ccccc12. The summed E-state index contributed by atoms with van der Waals surface area (Å²) in [5, 5.41) is 8.40. The van der Waals surface area contributed by atoms with Crippen molar-refractivity contribution in [1.29, 1.82) is 0 Å². The van der Waals surface area contributed by atoms with Crippen molar-refractivity contribution in [3.63, 3.8) is 0 Å². The van der Waals surface area contributed by atoms with Crippen LogP contribution in [0.15, 0.2) is 73.2 Å². The average Bonchev–Trinajstić information content (AvgIpc) is 3.39. The standard InChI is InChI=1S/C28H30N4O3/c1-18(2)13-26(28(34)35-3)32-27(33)24-12-11-20(30-16-21-15-29-17-31-21)14-25(24)23-10-6-8-19-7-4-5-9-22(19)23/h4-12,14-15,17-18,26,30H,13,16H2,1-3H3,(H,29,31)(H,32,33)/t26-/m0/s1. The van der Waals surface area contributed by atoms with Crippen LogP contribution < -0.4 is 10.6 Å². The molecule has 0 aliphatic heterocycles. The van der Waals surface area contributed by atoms with Crippen molar-refractivity contribution in [2.45, 2.75) is 32.9 Å². The van der Waals surface area contributed by atoms with Gasteiger partial charge in [0.25, 0.3) is 5.91 Å². The van der Waals surface area contributed by atoms with Gasteiger partial charge in [0.2, 0.25) is 0 Å². The average molecular weight is 471 g/mol. The fourth-order valence-corrected chi connectivity index (χ4v) is 4.18. The number of rotatable bonds is 9. The molecule has 0 radical (unpaired) electrons. The molecule has 0 spiro atoms. The van der Waals surface area contributed by atoms with Crippen LogP contribution in [-0.4, -0.2) is 35.0 Å². The van der Waals surface area contributed by atoms with Crippen LogP contribution in [0.5, 0.6) is 0 Å². The zero-order valence-corrected chi connectivity index (χ0v) is 20.2. The zero-order valence-electron chi connectivity index (χ0n) is 20.2. The number of esters is 1. The first-order chi connectivity index (χ1) is 17.0. The van der Waals surface area contributed by atoms with Gasteiger partial charge in [0, 0.05) is 17.4 Å². The first kappa shape index (κ1) is 24.0. The summed E-state index contributed by atoms with van der Waals surface area (Å²) in [6.07, 6.45) is 3.97. The second-order valence-electron chi connectivity index (χ2n) is 8.88. The Morgan fingerprint density at radius 3 is 2.57 bits per heavy atom. The van der Waals surface area contributed by atoms with E-state index in [1.165, 1.54) is 7.11 Å². The number of benzene rings is 3. The predicted octanol–water partition coefficient (Wildman–Crippen LogP) is 5.16. The summed E-state index contributed by atoms with van der Waals surface area (Å²) in [4.78, 5) is 33.0. The number of aromatic nitrogens is 2. The van der Waals surface area contributed by atoms with E-state index in [4.69, 9.17) is 4.74 Å². The number of anilines is 1. The molecule has 1 amide bonds. The maximum absolute atomic E-state index is 13.5. The third-order valence-corrected chi connectivity index (χ3v) is 5.87. The van der Waals surface area contributed by atoms with Gasteiger partial charge in [-0.25, -0.2) is 9.78 Å². The monoisotopic (exact) mass is 470 g/mol. The topological polar surface area (TPSA) is 96.1 Å². The van der Waals surface area contributed by atoms with Crippen LogP contribution in [0.2, 0.25) is 0 Å². The molecule has 35 heavy (non-hydrogen) atoms. The molecule has 1 heterocycles. The number of carbonyl (C=O) groups is 2. The number of nitrogens with zero attached hydrogens (tertiary/aromatic N) is 1. The van der Waals surface area contributed by atoms with E-state index in [-0.39, 0.29) is 11.8 Å². The third kappa shape index (κ3) is 5.69. The molecule has 0 unspecified atom stereocenters. The van der Waals surface area contributed by atoms with Crippen molar-refractivity contribution in [3.05, 3.63) is 84.4 Å². The molecule has 4 rings (SSSR count). The number of methoxy groups -OCH3 is 1. The van der Waals surface area contributed by atoms with Crippen molar-refractivity contribution in [3.8, 4) is 11.1 Å². The summed E-state index contributed by atoms with van der Waals surface area (Å²) in [5.41, 5.74) is 3.95. The fraction of sp³-hybridized carbons (Fsp3) is 0.250. The van der Waals surface area contributed by atoms with Gasteiger partial charge in [0.15, 0.2) is 0 Å². The summed E-state index contributed by atoms with van der Waals surface area (Å²) in [7, 11) is 1.34. The molecule has 4 aromatic rings. The van der Waals surface area contributed by atoms with Crippen LogP contribution in [0.1, 0.15) is 36.3 Å². The van der Waals surface area contributed by atoms with E-state index in [9.17, 15) is 9.59 Å². The Morgan fingerprint density at radius 1 is 1.03 bits per heavy atom. The predicted molar refractivity (Wildman–Crippen MR) is 138 cm³/mol. The van der Waals surface area contributed by atoms with Crippen molar-refractivity contribution >= 4 is 28.3 Å². The van der Waals surface area contributed by atoms with Gasteiger partial charge in [-0.3, -0.25) is 4.79 Å². The normalized spacial score (nSPS) is 11.9. The van der Waals surface area contributed by atoms with Crippen LogP contribution >= 0.6 is 0 Å². The smallest absolute Gasteiger partial charge is 0.328 e. The van der Waals surface area contributed by atoms with Crippen LogP contribution in [0.4, 0.5) is 5.69 Å². The Labute approximate surface area is 204 Å². The quantitative estimate of drug-likeness (QED) is 0.294. The van der Waals surface area contributed by atoms with Crippen molar-refractivity contribution < 1.29 is 14.3 Å². The Balaban J connectivity index is 1.74. The second kappa shape index (κ2) is 10.9. The Kier molecular flexibility index (Phi) is 7.45. The van der Waals surface area contributed by atoms with Crippen LogP contribution in [0, 0.1) is 5.92 Å². The molecule has 1 aromatic heterocycles. The van der Waals surface area contributed by atoms with Crippen LogP contribution in [0.25, 0.3) is 21.9 Å². The molecule has 0 aliphatic rings. The molecule has 7 nitrogen and oxygen atoms in total. The molecule has 1 atom stereocenters. The van der Waals surface area contributed by atoms with Gasteiger partial charge < -0.3 is 20.4 Å². The van der Waals surface area contributed by atoms with Crippen LogP contribution in [-0.2, 0) is 16.1 Å². The van der Waals surface area contributed by atoms with E-state index < -0.39 is 12.0 Å². The third-order valence-electron chi connectivity index (χ3n) is 5.87. The van der Waals surface area contributed by atoms with Gasteiger partial charge in [-0.2, -0.15) is 0 Å². The van der Waals surface area contributed by atoms with Gasteiger partial charge in [-0.05, 0) is 52.4 Å². The Hall–Kier alpha value is -4.13. The number of aromatic amines is 1. The molecule has 0 fully saturated rings. The maximum atomic E-state index is 13.5. The lowest BCUT2D eigenvalue weighted by atomic mass is 9.93. The lowest BCUT2D eigenvalue weighted by Crippen LogP contribution is -2.42. The van der Waals surface area contributed by atoms with Gasteiger partial charge >= 0.3 is 5.97 Å². The molecule has 3 N–H and O–H groups in total. The number of carbonyl (C=O) groups excluding carboxylic acids is 2. The van der Waals surface area contributed by atoms with Crippen molar-refractivity contribution in [1.82, 2.24) is 15.3 Å². The highest BCUT2D eigenvalue weighted by atomic mass is 16.5. The molecular weight excluding hydrogens is 440 g/mol. The van der Waals surface area contributed by atoms with Gasteiger partial charge in [0.1, 0.15) is 6.04 Å². The number of hydrogen-bond donors (Lipinski definition) is 3. The lowest BCUT2D eigenvalue weighted by molar-refractivity contribution is -0.143. The van der Waals surface area contributed by atoms with E-state index in [1.54, 1.807) is 12.4 Å². The largest absolute Gasteiger partial charge is 0.467 e. The lowest BCUT2D eigenvalue weighted by Gasteiger charge is -2.20. The first-order valence-electron chi connectivity index (χ1n) is 11.7. The van der Waals surface area contributed by atoms with E-state index in [0.29, 0.717) is 18.5 Å². The van der Waals surface area contributed by atoms with E-state index in [0.717, 1.165) is 33.3 Å². The fourth-order valence-electron chi connectivity index (χ4n) is 4.18.